The number of nitro benzene ring substituents is 1. The number of phenolic OH excluding ortho intramolecular Hbond substituents is 1. The third-order valence-corrected chi connectivity index (χ3v) is 3.42. The molecule has 2 N–H and O–H groups in total. The van der Waals surface area contributed by atoms with Gasteiger partial charge < -0.3 is 10.4 Å². The molecule has 8 heteroatoms. The van der Waals surface area contributed by atoms with E-state index in [2.05, 4.69) is 5.32 Å². The number of carbonyl (C=O) groups is 1. The summed E-state index contributed by atoms with van der Waals surface area (Å²) in [5.74, 6) is -0.856. The van der Waals surface area contributed by atoms with Gasteiger partial charge >= 0.3 is 0 Å². The monoisotopic (exact) mass is 326 g/mol. The standard InChI is InChI=1S/C13H8Cl2N2O4/c14-9-6-7(17(20)21)5-8(12(9)15)13(19)16-10-3-1-2-4-11(10)18/h1-6,18H,(H,16,19). The molecule has 21 heavy (non-hydrogen) atoms. The first-order valence-corrected chi connectivity index (χ1v) is 6.38. The number of phenols is 1. The van der Waals surface area contributed by atoms with Gasteiger partial charge in [0.2, 0.25) is 0 Å². The predicted octanol–water partition coefficient (Wildman–Crippen LogP) is 3.86. The number of carbonyl (C=O) groups excluding carboxylic acids is 1. The number of nitrogens with zero attached hydrogens (tertiary/aromatic N) is 1. The van der Waals surface area contributed by atoms with Crippen LogP contribution >= 0.6 is 23.2 Å². The number of hydrogen-bond acceptors (Lipinski definition) is 4. The van der Waals surface area contributed by atoms with Crippen molar-refractivity contribution in [3.8, 4) is 5.75 Å². The second kappa shape index (κ2) is 5.99. The lowest BCUT2D eigenvalue weighted by molar-refractivity contribution is -0.384. The van der Waals surface area contributed by atoms with Gasteiger partial charge in [0.25, 0.3) is 11.6 Å². The minimum Gasteiger partial charge on any atom is -0.506 e. The molecule has 0 aliphatic heterocycles. The Balaban J connectivity index is 2.39. The lowest BCUT2D eigenvalue weighted by Gasteiger charge is -2.09. The Morgan fingerprint density at radius 1 is 1.24 bits per heavy atom. The molecule has 0 saturated heterocycles. The smallest absolute Gasteiger partial charge is 0.271 e. The third kappa shape index (κ3) is 3.24. The van der Waals surface area contributed by atoms with Crippen LogP contribution < -0.4 is 5.32 Å². The molecule has 2 aromatic carbocycles. The number of para-hydroxylation sites is 2. The molecule has 0 atom stereocenters. The summed E-state index contributed by atoms with van der Waals surface area (Å²) in [6, 6.07) is 8.13. The number of nitrogens with one attached hydrogen (secondary N) is 1. The van der Waals surface area contributed by atoms with E-state index in [1.165, 1.54) is 12.1 Å². The van der Waals surface area contributed by atoms with Gasteiger partial charge in [-0.05, 0) is 12.1 Å². The number of amides is 1. The molecule has 0 aromatic heterocycles. The highest BCUT2D eigenvalue weighted by Gasteiger charge is 2.20. The summed E-state index contributed by atoms with van der Waals surface area (Å²) in [5.41, 5.74) is -0.354. The molecule has 0 spiro atoms. The van der Waals surface area contributed by atoms with Crippen molar-refractivity contribution in [1.82, 2.24) is 0 Å². The highest BCUT2D eigenvalue weighted by Crippen LogP contribution is 2.32. The molecule has 108 valence electrons. The van der Waals surface area contributed by atoms with Crippen LogP contribution in [0.25, 0.3) is 0 Å². The molecule has 0 aliphatic carbocycles. The molecular formula is C13H8Cl2N2O4. The van der Waals surface area contributed by atoms with Gasteiger partial charge in [-0.1, -0.05) is 35.3 Å². The van der Waals surface area contributed by atoms with Crippen LogP contribution in [0.15, 0.2) is 36.4 Å². The van der Waals surface area contributed by atoms with Crippen molar-refractivity contribution < 1.29 is 14.8 Å². The van der Waals surface area contributed by atoms with Crippen molar-refractivity contribution >= 4 is 40.5 Å². The zero-order valence-corrected chi connectivity index (χ0v) is 11.9. The maximum Gasteiger partial charge on any atom is 0.271 e. The Morgan fingerprint density at radius 3 is 2.52 bits per heavy atom. The number of nitro groups is 1. The fraction of sp³-hybridized carbons (Fsp3) is 0. The van der Waals surface area contributed by atoms with E-state index in [1.54, 1.807) is 12.1 Å². The first-order valence-electron chi connectivity index (χ1n) is 5.63. The van der Waals surface area contributed by atoms with Gasteiger partial charge in [0.05, 0.1) is 26.2 Å². The molecular weight excluding hydrogens is 319 g/mol. The molecule has 0 aliphatic rings. The number of halogens is 2. The van der Waals surface area contributed by atoms with E-state index in [9.17, 15) is 20.0 Å². The molecule has 0 saturated carbocycles. The molecule has 1 amide bonds. The maximum absolute atomic E-state index is 12.1. The van der Waals surface area contributed by atoms with E-state index in [0.717, 1.165) is 12.1 Å². The lowest BCUT2D eigenvalue weighted by Crippen LogP contribution is -2.13. The average Bonchev–Trinajstić information content (AvgIpc) is 2.43. The van der Waals surface area contributed by atoms with E-state index >= 15 is 0 Å². The average molecular weight is 327 g/mol. The molecule has 2 rings (SSSR count). The van der Waals surface area contributed by atoms with E-state index < -0.39 is 10.8 Å². The fourth-order valence-electron chi connectivity index (χ4n) is 1.61. The summed E-state index contributed by atoms with van der Waals surface area (Å²) in [4.78, 5) is 22.2. The lowest BCUT2D eigenvalue weighted by atomic mass is 10.1. The van der Waals surface area contributed by atoms with Crippen molar-refractivity contribution in [2.75, 3.05) is 5.32 Å². The molecule has 2 aromatic rings. The minimum atomic E-state index is -0.716. The van der Waals surface area contributed by atoms with Crippen LogP contribution in [0.1, 0.15) is 10.4 Å². The number of rotatable bonds is 3. The summed E-state index contributed by atoms with van der Waals surface area (Å²) in [5, 5.41) is 22.6. The van der Waals surface area contributed by atoms with Crippen LogP contribution in [0.4, 0.5) is 11.4 Å². The summed E-state index contributed by atoms with van der Waals surface area (Å²) in [6.07, 6.45) is 0. The Hall–Kier alpha value is -2.31. The largest absolute Gasteiger partial charge is 0.506 e. The Kier molecular flexibility index (Phi) is 4.30. The van der Waals surface area contributed by atoms with Crippen molar-refractivity contribution in [3.63, 3.8) is 0 Å². The van der Waals surface area contributed by atoms with Crippen molar-refractivity contribution in [2.24, 2.45) is 0 Å². The summed E-state index contributed by atoms with van der Waals surface area (Å²) >= 11 is 11.7. The molecule has 0 radical (unpaired) electrons. The number of anilines is 1. The predicted molar refractivity (Wildman–Crippen MR) is 79.2 cm³/mol. The van der Waals surface area contributed by atoms with E-state index in [0.29, 0.717) is 0 Å². The van der Waals surface area contributed by atoms with Crippen LogP contribution in [-0.2, 0) is 0 Å². The zero-order valence-electron chi connectivity index (χ0n) is 10.3. The van der Waals surface area contributed by atoms with E-state index in [1.807, 2.05) is 0 Å². The first kappa shape index (κ1) is 15.1. The number of benzene rings is 2. The Labute approximate surface area is 129 Å². The Morgan fingerprint density at radius 2 is 1.90 bits per heavy atom. The summed E-state index contributed by atoms with van der Waals surface area (Å²) in [7, 11) is 0. The Bertz CT molecular complexity index is 734. The van der Waals surface area contributed by atoms with Crippen LogP contribution in [-0.4, -0.2) is 15.9 Å². The van der Waals surface area contributed by atoms with E-state index in [4.69, 9.17) is 23.2 Å². The van der Waals surface area contributed by atoms with Crippen LogP contribution in [0.3, 0.4) is 0 Å². The molecule has 0 unspecified atom stereocenters. The van der Waals surface area contributed by atoms with Gasteiger partial charge in [-0.25, -0.2) is 0 Å². The normalized spacial score (nSPS) is 10.2. The highest BCUT2D eigenvalue weighted by molar-refractivity contribution is 6.44. The number of hydrogen-bond donors (Lipinski definition) is 2. The van der Waals surface area contributed by atoms with Gasteiger partial charge in [0, 0.05) is 12.1 Å². The van der Waals surface area contributed by atoms with Gasteiger partial charge in [-0.2, -0.15) is 0 Å². The van der Waals surface area contributed by atoms with Crippen LogP contribution in [0.2, 0.25) is 10.0 Å². The minimum absolute atomic E-state index is 0.102. The van der Waals surface area contributed by atoms with Crippen molar-refractivity contribution in [2.45, 2.75) is 0 Å². The van der Waals surface area contributed by atoms with E-state index in [-0.39, 0.29) is 32.7 Å². The quantitative estimate of drug-likeness (QED) is 0.508. The molecule has 0 fully saturated rings. The third-order valence-electron chi connectivity index (χ3n) is 2.62. The molecule has 0 bridgehead atoms. The first-order chi connectivity index (χ1) is 9.90. The zero-order chi connectivity index (χ0) is 15.6. The van der Waals surface area contributed by atoms with Crippen LogP contribution in [0.5, 0.6) is 5.75 Å². The van der Waals surface area contributed by atoms with Gasteiger partial charge in [0.15, 0.2) is 0 Å². The van der Waals surface area contributed by atoms with Gasteiger partial charge in [-0.3, -0.25) is 14.9 Å². The van der Waals surface area contributed by atoms with Crippen molar-refractivity contribution in [1.29, 1.82) is 0 Å². The van der Waals surface area contributed by atoms with Gasteiger partial charge in [0.1, 0.15) is 5.75 Å². The second-order valence-corrected chi connectivity index (χ2v) is 4.80. The maximum atomic E-state index is 12.1. The molecule has 0 heterocycles. The molecule has 6 nitrogen and oxygen atoms in total. The van der Waals surface area contributed by atoms with Crippen molar-refractivity contribution in [3.05, 3.63) is 62.1 Å². The summed E-state index contributed by atoms with van der Waals surface area (Å²) < 4.78 is 0. The van der Waals surface area contributed by atoms with Gasteiger partial charge in [-0.15, -0.1) is 0 Å². The summed E-state index contributed by atoms with van der Waals surface area (Å²) in [6.45, 7) is 0. The fourth-order valence-corrected chi connectivity index (χ4v) is 2.02. The topological polar surface area (TPSA) is 92.5 Å². The van der Waals surface area contributed by atoms with Crippen LogP contribution in [0, 0.1) is 10.1 Å². The highest BCUT2D eigenvalue weighted by atomic mass is 35.5. The number of non-ortho nitro benzene ring substituents is 1. The number of aromatic hydroxyl groups is 1. The SMILES string of the molecule is O=C(Nc1ccccc1O)c1cc([N+](=O)[O-])cc(Cl)c1Cl. The second-order valence-electron chi connectivity index (χ2n) is 4.02.